The molecular formula is C22H26N6O6. The van der Waals surface area contributed by atoms with Gasteiger partial charge in [0.15, 0.2) is 11.6 Å². The first kappa shape index (κ1) is 24.4. The molecule has 34 heavy (non-hydrogen) atoms. The lowest BCUT2D eigenvalue weighted by atomic mass is 10.2. The van der Waals surface area contributed by atoms with Crippen LogP contribution in [-0.4, -0.2) is 57.0 Å². The van der Waals surface area contributed by atoms with E-state index in [1.54, 1.807) is 39.8 Å². The van der Waals surface area contributed by atoms with E-state index in [2.05, 4.69) is 25.7 Å². The topological polar surface area (TPSA) is 147 Å². The average molecular weight is 470 g/mol. The average Bonchev–Trinajstić information content (AvgIpc) is 3.14. The number of nitrogens with zero attached hydrogens (tertiary/aromatic N) is 4. The van der Waals surface area contributed by atoms with Gasteiger partial charge in [0.25, 0.3) is 0 Å². The van der Waals surface area contributed by atoms with E-state index in [0.717, 1.165) is 4.68 Å². The summed E-state index contributed by atoms with van der Waals surface area (Å²) >= 11 is 0. The highest BCUT2D eigenvalue weighted by atomic mass is 16.6. The Hall–Kier alpha value is -4.22. The molecule has 2 N–H and O–H groups in total. The zero-order chi connectivity index (χ0) is 25.0. The predicted molar refractivity (Wildman–Crippen MR) is 123 cm³/mol. The molecule has 0 atom stereocenters. The molecule has 0 radical (unpaired) electrons. The van der Waals surface area contributed by atoms with E-state index in [1.165, 1.54) is 26.6 Å². The molecule has 12 nitrogen and oxygen atoms in total. The molecule has 1 aromatic carbocycles. The summed E-state index contributed by atoms with van der Waals surface area (Å²) in [5.74, 6) is -0.696. The van der Waals surface area contributed by atoms with Crippen LogP contribution in [-0.2, 0) is 14.3 Å². The number of nitrogens with one attached hydrogen (secondary N) is 2. The number of hydrogen-bond acceptors (Lipinski definition) is 10. The molecule has 2 heterocycles. The maximum atomic E-state index is 12.6. The van der Waals surface area contributed by atoms with Crippen LogP contribution in [0, 0.1) is 0 Å². The molecule has 3 aromatic rings. The third-order valence-electron chi connectivity index (χ3n) is 4.33. The Labute approximate surface area is 195 Å². The Bertz CT molecular complexity index is 1250. The summed E-state index contributed by atoms with van der Waals surface area (Å²) in [6.07, 6.45) is 2.06. The molecule has 0 spiro atoms. The monoisotopic (exact) mass is 470 g/mol. The smallest absolute Gasteiger partial charge is 0.435 e. The van der Waals surface area contributed by atoms with Crippen LogP contribution in [0.25, 0.3) is 10.9 Å². The van der Waals surface area contributed by atoms with Crippen LogP contribution in [0.1, 0.15) is 45.0 Å². The van der Waals surface area contributed by atoms with Crippen molar-refractivity contribution in [1.82, 2.24) is 19.7 Å². The summed E-state index contributed by atoms with van der Waals surface area (Å²) in [4.78, 5) is 44.9. The highest BCUT2D eigenvalue weighted by Crippen LogP contribution is 2.34. The van der Waals surface area contributed by atoms with Gasteiger partial charge < -0.3 is 24.8 Å². The molecular weight excluding hydrogens is 444 g/mol. The van der Waals surface area contributed by atoms with E-state index < -0.39 is 23.6 Å². The third-order valence-corrected chi connectivity index (χ3v) is 4.33. The van der Waals surface area contributed by atoms with E-state index >= 15 is 0 Å². The van der Waals surface area contributed by atoms with Gasteiger partial charge in [0, 0.05) is 18.4 Å². The predicted octanol–water partition coefficient (Wildman–Crippen LogP) is 3.50. The van der Waals surface area contributed by atoms with Gasteiger partial charge in [-0.15, -0.1) is 0 Å². The summed E-state index contributed by atoms with van der Waals surface area (Å²) < 4.78 is 17.1. The van der Waals surface area contributed by atoms with Gasteiger partial charge in [-0.1, -0.05) is 0 Å². The Balaban J connectivity index is 2.06. The minimum atomic E-state index is -0.716. The second-order valence-corrected chi connectivity index (χ2v) is 8.12. The van der Waals surface area contributed by atoms with Crippen LogP contribution < -0.4 is 15.4 Å². The number of esters is 1. The van der Waals surface area contributed by atoms with Crippen molar-refractivity contribution in [2.45, 2.75) is 40.2 Å². The number of anilines is 3. The molecule has 0 aliphatic carbocycles. The quantitative estimate of drug-likeness (QED) is 0.513. The number of fused-ring (bicyclic) bond motifs is 1. The molecule has 0 aliphatic heterocycles. The molecule has 3 rings (SSSR count). The molecule has 12 heteroatoms. The third kappa shape index (κ3) is 5.39. The van der Waals surface area contributed by atoms with Crippen LogP contribution in [0.15, 0.2) is 24.7 Å². The Morgan fingerprint density at radius 1 is 1.12 bits per heavy atom. The molecule has 0 saturated heterocycles. The van der Waals surface area contributed by atoms with Gasteiger partial charge in [-0.2, -0.15) is 9.78 Å². The fourth-order valence-electron chi connectivity index (χ4n) is 3.04. The molecule has 0 unspecified atom stereocenters. The second kappa shape index (κ2) is 9.73. The van der Waals surface area contributed by atoms with E-state index in [4.69, 9.17) is 14.2 Å². The van der Waals surface area contributed by atoms with Crippen LogP contribution in [0.5, 0.6) is 5.75 Å². The summed E-state index contributed by atoms with van der Waals surface area (Å²) in [6, 6.07) is 3.28. The number of hydrogen-bond donors (Lipinski definition) is 2. The number of methoxy groups -OCH3 is 1. The van der Waals surface area contributed by atoms with Gasteiger partial charge in [-0.3, -0.25) is 4.79 Å². The Morgan fingerprint density at radius 3 is 2.44 bits per heavy atom. The molecule has 1 amide bonds. The van der Waals surface area contributed by atoms with Crippen molar-refractivity contribution < 1.29 is 28.6 Å². The number of benzene rings is 1. The van der Waals surface area contributed by atoms with Crippen molar-refractivity contribution >= 4 is 46.2 Å². The number of amides is 1. The first-order valence-electron chi connectivity index (χ1n) is 10.4. The maximum absolute atomic E-state index is 12.6. The maximum Gasteiger partial charge on any atom is 0.435 e. The van der Waals surface area contributed by atoms with Crippen LogP contribution in [0.2, 0.25) is 0 Å². The van der Waals surface area contributed by atoms with Crippen LogP contribution in [0.3, 0.4) is 0 Å². The minimum Gasteiger partial charge on any atom is -0.494 e. The normalized spacial score (nSPS) is 11.1. The summed E-state index contributed by atoms with van der Waals surface area (Å²) in [5, 5.41) is 10.3. The summed E-state index contributed by atoms with van der Waals surface area (Å²) in [6.45, 7) is 8.35. The lowest BCUT2D eigenvalue weighted by Crippen LogP contribution is -2.27. The fraction of sp³-hybridized carbons (Fsp3) is 0.364. The number of rotatable bonds is 6. The van der Waals surface area contributed by atoms with Gasteiger partial charge in [-0.05, 0) is 33.8 Å². The molecule has 0 fully saturated rings. The largest absolute Gasteiger partial charge is 0.494 e. The van der Waals surface area contributed by atoms with Crippen LogP contribution in [0.4, 0.5) is 22.1 Å². The Kier molecular flexibility index (Phi) is 6.99. The minimum absolute atomic E-state index is 0.00115. The molecule has 0 saturated carbocycles. The van der Waals surface area contributed by atoms with Gasteiger partial charge in [0.2, 0.25) is 5.91 Å². The number of ether oxygens (including phenoxy) is 3. The van der Waals surface area contributed by atoms with Gasteiger partial charge >= 0.3 is 12.1 Å². The van der Waals surface area contributed by atoms with E-state index in [9.17, 15) is 14.4 Å². The lowest BCUT2D eigenvalue weighted by molar-refractivity contribution is -0.114. The van der Waals surface area contributed by atoms with Gasteiger partial charge in [0.05, 0.1) is 31.1 Å². The van der Waals surface area contributed by atoms with E-state index in [-0.39, 0.29) is 23.8 Å². The highest BCUT2D eigenvalue weighted by molar-refractivity contribution is 6.04. The summed E-state index contributed by atoms with van der Waals surface area (Å²) in [7, 11) is 1.45. The summed E-state index contributed by atoms with van der Waals surface area (Å²) in [5.41, 5.74) is 0.148. The lowest BCUT2D eigenvalue weighted by Gasteiger charge is -2.19. The fourth-order valence-corrected chi connectivity index (χ4v) is 3.04. The number of carbonyl (C=O) groups excluding carboxylic acids is 3. The SMILES string of the molecule is CCOC(=O)c1c(NC(C)=O)ncnc1Nc1cc2cnn(C(=O)OC(C)(C)C)c2cc1OC. The van der Waals surface area contributed by atoms with Crippen molar-refractivity contribution in [3.63, 3.8) is 0 Å². The molecule has 2 aromatic heterocycles. The van der Waals surface area contributed by atoms with Crippen LogP contribution >= 0.6 is 0 Å². The number of aromatic nitrogens is 4. The standard InChI is InChI=1S/C22H26N6O6/c1-7-33-20(30)17-18(26-12(2)29)23-11-24-19(17)27-14-8-13-10-25-28(15(13)9-16(14)32-6)21(31)34-22(3,4)5/h8-11H,7H2,1-6H3,(H2,23,24,26,27,29). The molecule has 0 aliphatic rings. The second-order valence-electron chi connectivity index (χ2n) is 8.12. The van der Waals surface area contributed by atoms with E-state index in [1.807, 2.05) is 0 Å². The van der Waals surface area contributed by atoms with Crippen molar-refractivity contribution in [1.29, 1.82) is 0 Å². The van der Waals surface area contributed by atoms with Gasteiger partial charge in [-0.25, -0.2) is 19.6 Å². The zero-order valence-electron chi connectivity index (χ0n) is 19.8. The first-order valence-corrected chi connectivity index (χ1v) is 10.4. The zero-order valence-corrected chi connectivity index (χ0v) is 19.8. The molecule has 180 valence electrons. The molecule has 0 bridgehead atoms. The van der Waals surface area contributed by atoms with Crippen molar-refractivity contribution in [2.24, 2.45) is 0 Å². The van der Waals surface area contributed by atoms with Crippen molar-refractivity contribution in [3.05, 3.63) is 30.2 Å². The highest BCUT2D eigenvalue weighted by Gasteiger charge is 2.24. The Morgan fingerprint density at radius 2 is 1.82 bits per heavy atom. The van der Waals surface area contributed by atoms with Gasteiger partial charge in [0.1, 0.15) is 23.2 Å². The van der Waals surface area contributed by atoms with E-state index in [0.29, 0.717) is 22.3 Å². The number of carbonyl (C=O) groups is 3. The first-order chi connectivity index (χ1) is 16.0. The van der Waals surface area contributed by atoms with Crippen molar-refractivity contribution in [2.75, 3.05) is 24.4 Å². The van der Waals surface area contributed by atoms with Crippen molar-refractivity contribution in [3.8, 4) is 5.75 Å².